The Labute approximate surface area is 69.7 Å². The number of hydrogen-bond acceptors (Lipinski definition) is 2. The lowest BCUT2D eigenvalue weighted by Gasteiger charge is -2.06. The smallest absolute Gasteiger partial charge is 0.177 e. The van der Waals surface area contributed by atoms with E-state index >= 15 is 0 Å². The van der Waals surface area contributed by atoms with E-state index < -0.39 is 10.9 Å². The zero-order valence-corrected chi connectivity index (χ0v) is 7.47. The number of allylic oxidation sites excluding steroid dienone is 2. The zero-order valence-electron chi connectivity index (χ0n) is 6.58. The second kappa shape index (κ2) is 4.36. The molecule has 0 atom stereocenters. The highest BCUT2D eigenvalue weighted by Crippen LogP contribution is 2.34. The van der Waals surface area contributed by atoms with Gasteiger partial charge in [-0.2, -0.15) is 10.9 Å². The van der Waals surface area contributed by atoms with Gasteiger partial charge in [-0.3, -0.25) is 4.79 Å². The SMILES string of the molecule is CNCCC(=O)[SH]1C=CC=C1. The zero-order chi connectivity index (χ0) is 8.10. The van der Waals surface area contributed by atoms with Crippen LogP contribution in [-0.2, 0) is 4.79 Å². The predicted octanol–water partition coefficient (Wildman–Crippen LogP) is 1.16. The molecule has 3 heteroatoms. The summed E-state index contributed by atoms with van der Waals surface area (Å²) in [5.41, 5.74) is 0. The van der Waals surface area contributed by atoms with Crippen LogP contribution in [0.2, 0.25) is 0 Å². The van der Waals surface area contributed by atoms with Crippen molar-refractivity contribution < 1.29 is 4.79 Å². The molecule has 1 aliphatic heterocycles. The number of carbonyl (C=O) groups excluding carboxylic acids is 1. The van der Waals surface area contributed by atoms with E-state index in [0.717, 1.165) is 6.54 Å². The molecule has 1 heterocycles. The number of nitrogens with one attached hydrogen (secondary N) is 1. The van der Waals surface area contributed by atoms with Gasteiger partial charge in [0.15, 0.2) is 5.12 Å². The Morgan fingerprint density at radius 2 is 2.09 bits per heavy atom. The van der Waals surface area contributed by atoms with Crippen molar-refractivity contribution in [3.8, 4) is 0 Å². The molecule has 0 amide bonds. The number of rotatable bonds is 3. The highest BCUT2D eigenvalue weighted by molar-refractivity contribution is 8.34. The van der Waals surface area contributed by atoms with Crippen LogP contribution in [0, 0.1) is 0 Å². The summed E-state index contributed by atoms with van der Waals surface area (Å²) in [6.07, 6.45) is 4.54. The average Bonchev–Trinajstić information content (AvgIpc) is 2.52. The molecule has 0 radical (unpaired) electrons. The minimum Gasteiger partial charge on any atom is -0.319 e. The van der Waals surface area contributed by atoms with Crippen molar-refractivity contribution in [1.29, 1.82) is 0 Å². The molecule has 0 aromatic carbocycles. The summed E-state index contributed by atoms with van der Waals surface area (Å²) in [5, 5.41) is 7.31. The first kappa shape index (κ1) is 8.56. The number of thiol groups is 1. The average molecular weight is 171 g/mol. The molecule has 2 nitrogen and oxygen atoms in total. The second-order valence-electron chi connectivity index (χ2n) is 2.34. The van der Waals surface area contributed by atoms with Crippen LogP contribution >= 0.6 is 10.9 Å². The Kier molecular flexibility index (Phi) is 3.39. The molecule has 1 aliphatic rings. The normalized spacial score (nSPS) is 17.7. The summed E-state index contributed by atoms with van der Waals surface area (Å²) >= 11 is 0. The van der Waals surface area contributed by atoms with Gasteiger partial charge in [0.1, 0.15) is 0 Å². The van der Waals surface area contributed by atoms with E-state index in [1.807, 2.05) is 30.0 Å². The van der Waals surface area contributed by atoms with E-state index in [1.54, 1.807) is 0 Å². The standard InChI is InChI=1S/C8H13NOS/c1-9-5-4-8(10)11-6-2-3-7-11/h2-3,6-7,9,11H,4-5H2,1H3. The lowest BCUT2D eigenvalue weighted by molar-refractivity contribution is -0.110. The fourth-order valence-corrected chi connectivity index (χ4v) is 2.23. The number of hydrogen-bond donors (Lipinski definition) is 2. The molecule has 0 saturated heterocycles. The minimum absolute atomic E-state index is 0.361. The van der Waals surface area contributed by atoms with E-state index in [-0.39, 0.29) is 0 Å². The van der Waals surface area contributed by atoms with E-state index in [4.69, 9.17) is 0 Å². The van der Waals surface area contributed by atoms with Crippen LogP contribution in [0.1, 0.15) is 6.42 Å². The van der Waals surface area contributed by atoms with Gasteiger partial charge in [0.25, 0.3) is 0 Å². The first-order valence-corrected chi connectivity index (χ1v) is 5.13. The van der Waals surface area contributed by atoms with Crippen LogP contribution in [0.3, 0.4) is 0 Å². The van der Waals surface area contributed by atoms with Gasteiger partial charge in [-0.05, 0) is 17.9 Å². The van der Waals surface area contributed by atoms with Crippen molar-refractivity contribution in [1.82, 2.24) is 5.32 Å². The summed E-state index contributed by atoms with van der Waals surface area (Å²) in [6.45, 7) is 0.791. The topological polar surface area (TPSA) is 29.1 Å². The Hall–Kier alpha value is -0.540. The van der Waals surface area contributed by atoms with Gasteiger partial charge in [0, 0.05) is 13.0 Å². The summed E-state index contributed by atoms with van der Waals surface area (Å²) in [5.74, 6) is 0. The highest BCUT2D eigenvalue weighted by atomic mass is 32.2. The monoisotopic (exact) mass is 171 g/mol. The van der Waals surface area contributed by atoms with Gasteiger partial charge in [0.2, 0.25) is 0 Å². The van der Waals surface area contributed by atoms with Crippen molar-refractivity contribution in [3.05, 3.63) is 23.0 Å². The summed E-state index contributed by atoms with van der Waals surface area (Å²) in [4.78, 5) is 11.3. The van der Waals surface area contributed by atoms with Gasteiger partial charge in [0.05, 0.1) is 0 Å². The maximum absolute atomic E-state index is 11.3. The van der Waals surface area contributed by atoms with Crippen LogP contribution in [0.4, 0.5) is 0 Å². The van der Waals surface area contributed by atoms with Crippen molar-refractivity contribution in [2.75, 3.05) is 13.6 Å². The minimum atomic E-state index is -0.558. The molecule has 0 aliphatic carbocycles. The molecule has 1 N–H and O–H groups in total. The molecule has 1 rings (SSSR count). The molecule has 0 bridgehead atoms. The molecule has 0 aromatic heterocycles. The third-order valence-corrected chi connectivity index (χ3v) is 3.27. The van der Waals surface area contributed by atoms with Crippen LogP contribution in [0.15, 0.2) is 23.0 Å². The highest BCUT2D eigenvalue weighted by Gasteiger charge is 2.08. The quantitative estimate of drug-likeness (QED) is 0.624. The van der Waals surface area contributed by atoms with Crippen LogP contribution < -0.4 is 5.32 Å². The molecule has 0 unspecified atom stereocenters. The fraction of sp³-hybridized carbons (Fsp3) is 0.375. The van der Waals surface area contributed by atoms with Gasteiger partial charge < -0.3 is 5.32 Å². The van der Waals surface area contributed by atoms with Crippen LogP contribution in [0.25, 0.3) is 0 Å². The summed E-state index contributed by atoms with van der Waals surface area (Å²) < 4.78 is 0. The van der Waals surface area contributed by atoms with Gasteiger partial charge >= 0.3 is 0 Å². The molecule has 0 aromatic rings. The van der Waals surface area contributed by atoms with Gasteiger partial charge in [-0.1, -0.05) is 12.2 Å². The summed E-state index contributed by atoms with van der Waals surface area (Å²) in [6, 6.07) is 0. The Bertz CT molecular complexity index is 186. The van der Waals surface area contributed by atoms with Crippen molar-refractivity contribution in [3.63, 3.8) is 0 Å². The largest absolute Gasteiger partial charge is 0.319 e. The molecule has 0 fully saturated rings. The van der Waals surface area contributed by atoms with Crippen molar-refractivity contribution in [2.45, 2.75) is 6.42 Å². The van der Waals surface area contributed by atoms with Crippen molar-refractivity contribution >= 4 is 16.0 Å². The van der Waals surface area contributed by atoms with Crippen LogP contribution in [0.5, 0.6) is 0 Å². The first-order chi connectivity index (χ1) is 5.34. The molecule has 62 valence electrons. The van der Waals surface area contributed by atoms with Gasteiger partial charge in [-0.15, -0.1) is 0 Å². The lowest BCUT2D eigenvalue weighted by atomic mass is 10.5. The van der Waals surface area contributed by atoms with E-state index in [2.05, 4.69) is 5.32 Å². The maximum atomic E-state index is 11.3. The van der Waals surface area contributed by atoms with Gasteiger partial charge in [-0.25, -0.2) is 0 Å². The predicted molar refractivity (Wildman–Crippen MR) is 50.8 cm³/mol. The van der Waals surface area contributed by atoms with E-state index in [0.29, 0.717) is 11.5 Å². The second-order valence-corrected chi connectivity index (χ2v) is 4.25. The van der Waals surface area contributed by atoms with Crippen LogP contribution in [-0.4, -0.2) is 18.7 Å². The lowest BCUT2D eigenvalue weighted by Crippen LogP contribution is -2.11. The Balaban J connectivity index is 2.30. The maximum Gasteiger partial charge on any atom is 0.177 e. The Morgan fingerprint density at radius 1 is 1.45 bits per heavy atom. The Morgan fingerprint density at radius 3 is 2.64 bits per heavy atom. The van der Waals surface area contributed by atoms with E-state index in [9.17, 15) is 4.79 Å². The molecule has 0 spiro atoms. The van der Waals surface area contributed by atoms with E-state index in [1.165, 1.54) is 0 Å². The molecule has 0 saturated carbocycles. The summed E-state index contributed by atoms with van der Waals surface area (Å²) in [7, 11) is 1.30. The first-order valence-electron chi connectivity index (χ1n) is 3.65. The third kappa shape index (κ3) is 2.52. The molecular weight excluding hydrogens is 158 g/mol. The van der Waals surface area contributed by atoms with Crippen molar-refractivity contribution in [2.24, 2.45) is 0 Å². The fourth-order valence-electron chi connectivity index (χ4n) is 0.862. The molecular formula is C8H13NOS. The third-order valence-electron chi connectivity index (χ3n) is 1.48. The molecule has 11 heavy (non-hydrogen) atoms. The number of carbonyl (C=O) groups is 1.